The maximum absolute atomic E-state index is 13.5. The third kappa shape index (κ3) is 8.77. The standard InChI is InChI=1S/C33H40N2O4S2/c1-23-9-7-8-12-26(23)28-19-25(13-15-27(28)32(36)35-29(17-18-40-3)33(37)38-2)21-39-30(31-20-34-22-41-31)16-14-24-10-5-4-6-11-24/h4-5,7-9,12-13,15,19-20,22,24,29-30H,6,10-11,14,16-18,21H2,1-3H3,(H,35,36)/t24?,29-,30?/m0/s1. The van der Waals surface area contributed by atoms with Crippen molar-refractivity contribution in [2.45, 2.75) is 64.2 Å². The van der Waals surface area contributed by atoms with E-state index in [2.05, 4.69) is 22.5 Å². The van der Waals surface area contributed by atoms with Crippen molar-refractivity contribution in [3.05, 3.63) is 87.9 Å². The Hall–Kier alpha value is -2.94. The van der Waals surface area contributed by atoms with Crippen molar-refractivity contribution < 1.29 is 19.1 Å². The highest BCUT2D eigenvalue weighted by atomic mass is 32.2. The van der Waals surface area contributed by atoms with Gasteiger partial charge in [0.2, 0.25) is 0 Å². The molecule has 41 heavy (non-hydrogen) atoms. The molecule has 4 rings (SSSR count). The summed E-state index contributed by atoms with van der Waals surface area (Å²) in [7, 11) is 1.35. The third-order valence-electron chi connectivity index (χ3n) is 7.60. The van der Waals surface area contributed by atoms with Gasteiger partial charge < -0.3 is 14.8 Å². The maximum atomic E-state index is 13.5. The van der Waals surface area contributed by atoms with Crippen molar-refractivity contribution >= 4 is 35.0 Å². The van der Waals surface area contributed by atoms with Crippen LogP contribution in [0.5, 0.6) is 0 Å². The van der Waals surface area contributed by atoms with E-state index in [1.807, 2.05) is 67.4 Å². The Morgan fingerprint density at radius 2 is 2.00 bits per heavy atom. The lowest BCUT2D eigenvalue weighted by molar-refractivity contribution is -0.142. The number of nitrogens with zero attached hydrogens (tertiary/aromatic N) is 1. The number of aryl methyl sites for hydroxylation is 1. The van der Waals surface area contributed by atoms with Crippen LogP contribution < -0.4 is 5.32 Å². The lowest BCUT2D eigenvalue weighted by Gasteiger charge is -2.22. The van der Waals surface area contributed by atoms with E-state index in [1.165, 1.54) is 13.5 Å². The number of carbonyl (C=O) groups excluding carboxylic acids is 2. The first kappa shape index (κ1) is 31.0. The van der Waals surface area contributed by atoms with Crippen LogP contribution in [0.1, 0.15) is 71.0 Å². The molecule has 1 amide bonds. The summed E-state index contributed by atoms with van der Waals surface area (Å²) in [6.07, 6.45) is 14.6. The Morgan fingerprint density at radius 1 is 1.15 bits per heavy atom. The molecule has 0 spiro atoms. The van der Waals surface area contributed by atoms with E-state index in [0.29, 0.717) is 24.5 Å². The van der Waals surface area contributed by atoms with E-state index in [0.717, 1.165) is 58.6 Å². The molecular weight excluding hydrogens is 553 g/mol. The monoisotopic (exact) mass is 592 g/mol. The summed E-state index contributed by atoms with van der Waals surface area (Å²) in [6.45, 7) is 2.46. The summed E-state index contributed by atoms with van der Waals surface area (Å²) in [5.41, 5.74) is 6.23. The number of benzene rings is 2. The Balaban J connectivity index is 1.55. The van der Waals surface area contributed by atoms with Crippen molar-refractivity contribution in [1.29, 1.82) is 0 Å². The topological polar surface area (TPSA) is 77.5 Å². The molecule has 3 atom stereocenters. The van der Waals surface area contributed by atoms with E-state index in [4.69, 9.17) is 9.47 Å². The van der Waals surface area contributed by atoms with Crippen LogP contribution in [0.15, 0.2) is 66.3 Å². The van der Waals surface area contributed by atoms with Crippen LogP contribution in [0.25, 0.3) is 11.1 Å². The molecular formula is C33H40N2O4S2. The number of rotatable bonds is 14. The number of esters is 1. The molecule has 0 aliphatic heterocycles. The van der Waals surface area contributed by atoms with Gasteiger partial charge in [0.1, 0.15) is 6.04 Å². The van der Waals surface area contributed by atoms with Gasteiger partial charge >= 0.3 is 5.97 Å². The van der Waals surface area contributed by atoms with Gasteiger partial charge in [-0.15, -0.1) is 11.3 Å². The minimum atomic E-state index is -0.701. The lowest BCUT2D eigenvalue weighted by atomic mass is 9.89. The van der Waals surface area contributed by atoms with Crippen molar-refractivity contribution in [2.24, 2.45) is 5.92 Å². The van der Waals surface area contributed by atoms with Gasteiger partial charge in [0.15, 0.2) is 0 Å². The van der Waals surface area contributed by atoms with E-state index >= 15 is 0 Å². The summed E-state index contributed by atoms with van der Waals surface area (Å²) >= 11 is 3.26. The summed E-state index contributed by atoms with van der Waals surface area (Å²) in [6, 6.07) is 13.2. The zero-order valence-corrected chi connectivity index (χ0v) is 25.8. The van der Waals surface area contributed by atoms with Crippen molar-refractivity contribution in [1.82, 2.24) is 10.3 Å². The molecule has 0 fully saturated rings. The highest BCUT2D eigenvalue weighted by Crippen LogP contribution is 2.33. The Morgan fingerprint density at radius 3 is 2.71 bits per heavy atom. The molecule has 8 heteroatoms. The van der Waals surface area contributed by atoms with Gasteiger partial charge in [0, 0.05) is 11.8 Å². The molecule has 6 nitrogen and oxygen atoms in total. The van der Waals surface area contributed by atoms with Gasteiger partial charge in [-0.2, -0.15) is 11.8 Å². The number of nitrogens with one attached hydrogen (secondary N) is 1. The molecule has 0 bridgehead atoms. The number of allylic oxidation sites excluding steroid dienone is 2. The normalized spacial score (nSPS) is 16.2. The van der Waals surface area contributed by atoms with Crippen LogP contribution in [0, 0.1) is 12.8 Å². The quantitative estimate of drug-likeness (QED) is 0.154. The van der Waals surface area contributed by atoms with Crippen LogP contribution >= 0.6 is 23.1 Å². The molecule has 1 N–H and O–H groups in total. The molecule has 1 aromatic heterocycles. The molecule has 2 aromatic carbocycles. The summed E-state index contributed by atoms with van der Waals surface area (Å²) in [5, 5.41) is 2.92. The van der Waals surface area contributed by atoms with Gasteiger partial charge in [-0.25, -0.2) is 4.79 Å². The van der Waals surface area contributed by atoms with E-state index in [-0.39, 0.29) is 12.0 Å². The van der Waals surface area contributed by atoms with Crippen LogP contribution in [-0.4, -0.2) is 42.0 Å². The average Bonchev–Trinajstić information content (AvgIpc) is 3.54. The molecule has 0 saturated heterocycles. The first-order valence-corrected chi connectivity index (χ1v) is 16.5. The fraction of sp³-hybridized carbons (Fsp3) is 0.424. The first-order chi connectivity index (χ1) is 20.0. The molecule has 1 heterocycles. The molecule has 1 aliphatic rings. The molecule has 2 unspecified atom stereocenters. The number of amides is 1. The van der Waals surface area contributed by atoms with Crippen molar-refractivity contribution in [3.8, 4) is 11.1 Å². The highest BCUT2D eigenvalue weighted by Gasteiger charge is 2.24. The van der Waals surface area contributed by atoms with E-state index < -0.39 is 12.0 Å². The second-order valence-corrected chi connectivity index (χ2v) is 12.4. The first-order valence-electron chi connectivity index (χ1n) is 14.2. The number of ether oxygens (including phenoxy) is 2. The molecule has 1 aliphatic carbocycles. The van der Waals surface area contributed by atoms with E-state index in [1.54, 1.807) is 23.1 Å². The van der Waals surface area contributed by atoms with Crippen molar-refractivity contribution in [3.63, 3.8) is 0 Å². The molecule has 0 radical (unpaired) electrons. The van der Waals surface area contributed by atoms with Crippen LogP contribution in [0.4, 0.5) is 0 Å². The second-order valence-electron chi connectivity index (χ2n) is 10.5. The van der Waals surface area contributed by atoms with Crippen LogP contribution in [-0.2, 0) is 20.9 Å². The molecule has 0 saturated carbocycles. The average molecular weight is 593 g/mol. The Labute approximate surface area is 252 Å². The second kappa shape index (κ2) is 15.9. The lowest BCUT2D eigenvalue weighted by Crippen LogP contribution is -2.42. The third-order valence-corrected chi connectivity index (χ3v) is 9.11. The smallest absolute Gasteiger partial charge is 0.328 e. The number of thioether (sulfide) groups is 1. The molecule has 3 aromatic rings. The number of thiazole rings is 1. The number of aromatic nitrogens is 1. The minimum Gasteiger partial charge on any atom is -0.467 e. The summed E-state index contributed by atoms with van der Waals surface area (Å²) in [5.74, 6) is 0.707. The largest absolute Gasteiger partial charge is 0.467 e. The fourth-order valence-electron chi connectivity index (χ4n) is 5.23. The van der Waals surface area contributed by atoms with Gasteiger partial charge in [0.25, 0.3) is 5.91 Å². The highest BCUT2D eigenvalue weighted by molar-refractivity contribution is 7.98. The maximum Gasteiger partial charge on any atom is 0.328 e. The minimum absolute atomic E-state index is 0.0180. The Kier molecular flexibility index (Phi) is 12.0. The SMILES string of the molecule is COC(=O)[C@H](CCSC)NC(=O)c1ccc(COC(CCC2CC=CCC2)c2cncs2)cc1-c1ccccc1C. The van der Waals surface area contributed by atoms with Crippen molar-refractivity contribution in [2.75, 3.05) is 19.1 Å². The number of hydrogen-bond donors (Lipinski definition) is 1. The fourth-order valence-corrected chi connectivity index (χ4v) is 6.41. The Bertz CT molecular complexity index is 1310. The van der Waals surface area contributed by atoms with Gasteiger partial charge in [-0.05, 0) is 97.8 Å². The predicted molar refractivity (Wildman–Crippen MR) is 168 cm³/mol. The number of hydrogen-bond acceptors (Lipinski definition) is 7. The van der Waals surface area contributed by atoms with Gasteiger partial charge in [0.05, 0.1) is 30.2 Å². The molecule has 218 valence electrons. The number of carbonyl (C=O) groups is 2. The number of methoxy groups -OCH3 is 1. The summed E-state index contributed by atoms with van der Waals surface area (Å²) in [4.78, 5) is 31.4. The van der Waals surface area contributed by atoms with Gasteiger partial charge in [-0.1, -0.05) is 42.5 Å². The van der Waals surface area contributed by atoms with Crippen LogP contribution in [0.2, 0.25) is 0 Å². The zero-order valence-electron chi connectivity index (χ0n) is 24.1. The summed E-state index contributed by atoms with van der Waals surface area (Å²) < 4.78 is 11.5. The predicted octanol–water partition coefficient (Wildman–Crippen LogP) is 7.54. The van der Waals surface area contributed by atoms with Gasteiger partial charge in [-0.3, -0.25) is 9.78 Å². The zero-order chi connectivity index (χ0) is 29.0. The van der Waals surface area contributed by atoms with Crippen LogP contribution in [0.3, 0.4) is 0 Å². The van der Waals surface area contributed by atoms with E-state index in [9.17, 15) is 9.59 Å².